The van der Waals surface area contributed by atoms with Crippen LogP contribution in [0.4, 0.5) is 18.9 Å². The predicted molar refractivity (Wildman–Crippen MR) is 114 cm³/mol. The van der Waals surface area contributed by atoms with Crippen LogP contribution in [0.1, 0.15) is 5.69 Å². The molecule has 0 saturated carbocycles. The van der Waals surface area contributed by atoms with Crippen molar-refractivity contribution in [1.29, 1.82) is 0 Å². The molecular weight excluding hydrogens is 481 g/mol. The van der Waals surface area contributed by atoms with Crippen molar-refractivity contribution in [2.24, 2.45) is 0 Å². The number of benzene rings is 1. The molecule has 14 heteroatoms. The number of alkyl halides is 3. The molecule has 10 nitrogen and oxygen atoms in total. The van der Waals surface area contributed by atoms with Crippen molar-refractivity contribution in [3.8, 4) is 11.1 Å². The van der Waals surface area contributed by atoms with Gasteiger partial charge in [0.25, 0.3) is 0 Å². The van der Waals surface area contributed by atoms with Crippen LogP contribution in [-0.4, -0.2) is 55.2 Å². The molecule has 34 heavy (non-hydrogen) atoms. The number of halogens is 3. The average Bonchev–Trinajstić information content (AvgIpc) is 3.13. The van der Waals surface area contributed by atoms with Gasteiger partial charge >= 0.3 is 18.1 Å². The third-order valence-corrected chi connectivity index (χ3v) is 4.91. The molecule has 0 spiro atoms. The molecule has 0 saturated heterocycles. The van der Waals surface area contributed by atoms with Gasteiger partial charge in [0.2, 0.25) is 15.9 Å². The molecule has 0 atom stereocenters. The quantitative estimate of drug-likeness (QED) is 0.333. The standard InChI is InChI=1S/C20H17F3N4O6S/c1-34(31,32)27-12-4-2-11(3-5-12)14-6-7-24-18-15(14)8-13(26-18)9-16(28)25-10-17(29)33-19(30)20(21,22)23/h2-8,27H,9-10H2,1H3,(H,24,26)(H,25,28). The first-order valence-electron chi connectivity index (χ1n) is 9.45. The third kappa shape index (κ3) is 6.54. The molecule has 0 aliphatic carbocycles. The maximum Gasteiger partial charge on any atom is 0.491 e. The maximum absolute atomic E-state index is 12.1. The number of amides is 1. The van der Waals surface area contributed by atoms with E-state index < -0.39 is 40.6 Å². The summed E-state index contributed by atoms with van der Waals surface area (Å²) in [5.41, 5.74) is 2.74. The largest absolute Gasteiger partial charge is 0.491 e. The van der Waals surface area contributed by atoms with E-state index in [1.807, 2.05) is 0 Å². The smallest absolute Gasteiger partial charge is 0.385 e. The molecular formula is C20H17F3N4O6S. The molecule has 0 aliphatic heterocycles. The zero-order chi connectivity index (χ0) is 25.1. The summed E-state index contributed by atoms with van der Waals surface area (Å²) in [6.07, 6.45) is -3.00. The lowest BCUT2D eigenvalue weighted by molar-refractivity contribution is -0.201. The number of hydrogen-bond acceptors (Lipinski definition) is 7. The molecule has 180 valence electrons. The zero-order valence-corrected chi connectivity index (χ0v) is 18.2. The first kappa shape index (κ1) is 24.7. The number of aromatic nitrogens is 2. The zero-order valence-electron chi connectivity index (χ0n) is 17.4. The Bertz CT molecular complexity index is 1350. The minimum atomic E-state index is -5.32. The molecule has 0 bridgehead atoms. The van der Waals surface area contributed by atoms with Crippen molar-refractivity contribution in [2.75, 3.05) is 17.5 Å². The molecule has 3 rings (SSSR count). The first-order chi connectivity index (χ1) is 15.8. The Labute approximate surface area is 190 Å². The van der Waals surface area contributed by atoms with Gasteiger partial charge in [-0.25, -0.2) is 23.0 Å². The van der Waals surface area contributed by atoms with Gasteiger partial charge < -0.3 is 15.0 Å². The molecule has 0 fully saturated rings. The number of carbonyl (C=O) groups excluding carboxylic acids is 3. The van der Waals surface area contributed by atoms with Gasteiger partial charge in [-0.3, -0.25) is 9.52 Å². The number of aromatic amines is 1. The normalized spacial score (nSPS) is 11.8. The number of sulfonamides is 1. The summed E-state index contributed by atoms with van der Waals surface area (Å²) in [5.74, 6) is -4.92. The Morgan fingerprint density at radius 2 is 1.79 bits per heavy atom. The number of nitrogens with zero attached hydrogens (tertiary/aromatic N) is 1. The van der Waals surface area contributed by atoms with Crippen LogP contribution < -0.4 is 10.0 Å². The number of carbonyl (C=O) groups is 3. The second kappa shape index (κ2) is 9.51. The highest BCUT2D eigenvalue weighted by Crippen LogP contribution is 2.29. The Kier molecular flexibility index (Phi) is 6.91. The number of fused-ring (bicyclic) bond motifs is 1. The van der Waals surface area contributed by atoms with Crippen molar-refractivity contribution < 1.29 is 40.7 Å². The van der Waals surface area contributed by atoms with E-state index >= 15 is 0 Å². The molecule has 1 amide bonds. The Balaban J connectivity index is 1.68. The van der Waals surface area contributed by atoms with Gasteiger partial charge in [0.1, 0.15) is 12.2 Å². The van der Waals surface area contributed by atoms with E-state index in [0.717, 1.165) is 17.4 Å². The summed E-state index contributed by atoms with van der Waals surface area (Å²) in [4.78, 5) is 41.1. The van der Waals surface area contributed by atoms with Crippen LogP contribution in [0.2, 0.25) is 0 Å². The van der Waals surface area contributed by atoms with E-state index in [1.165, 1.54) is 6.20 Å². The Hall–Kier alpha value is -3.94. The molecule has 3 aromatic rings. The summed E-state index contributed by atoms with van der Waals surface area (Å²) in [6, 6.07) is 9.96. The molecule has 2 aromatic heterocycles. The van der Waals surface area contributed by atoms with Crippen LogP contribution in [0.15, 0.2) is 42.6 Å². The van der Waals surface area contributed by atoms with Gasteiger partial charge in [-0.1, -0.05) is 12.1 Å². The van der Waals surface area contributed by atoms with Crippen molar-refractivity contribution in [1.82, 2.24) is 15.3 Å². The fraction of sp³-hybridized carbons (Fsp3) is 0.200. The van der Waals surface area contributed by atoms with Crippen molar-refractivity contribution in [2.45, 2.75) is 12.6 Å². The highest BCUT2D eigenvalue weighted by molar-refractivity contribution is 7.92. The van der Waals surface area contributed by atoms with Gasteiger partial charge in [-0.05, 0) is 35.4 Å². The summed E-state index contributed by atoms with van der Waals surface area (Å²) in [5, 5.41) is 2.73. The SMILES string of the molecule is CS(=O)(=O)Nc1ccc(-c2ccnc3[nH]c(CC(=O)NCC(=O)OC(=O)C(F)(F)F)cc23)cc1. The van der Waals surface area contributed by atoms with Crippen molar-refractivity contribution >= 4 is 44.6 Å². The highest BCUT2D eigenvalue weighted by Gasteiger charge is 2.42. The second-order valence-corrected chi connectivity index (χ2v) is 8.83. The van der Waals surface area contributed by atoms with Gasteiger partial charge in [-0.15, -0.1) is 0 Å². The van der Waals surface area contributed by atoms with E-state index in [9.17, 15) is 36.0 Å². The Morgan fingerprint density at radius 1 is 1.12 bits per heavy atom. The minimum Gasteiger partial charge on any atom is -0.385 e. The fourth-order valence-corrected chi connectivity index (χ4v) is 3.53. The summed E-state index contributed by atoms with van der Waals surface area (Å²) in [6.45, 7) is -0.918. The lowest BCUT2D eigenvalue weighted by Crippen LogP contribution is -2.35. The fourth-order valence-electron chi connectivity index (χ4n) is 2.96. The van der Waals surface area contributed by atoms with Crippen LogP contribution in [0.5, 0.6) is 0 Å². The number of anilines is 1. The number of esters is 2. The Morgan fingerprint density at radius 3 is 2.41 bits per heavy atom. The average molecular weight is 498 g/mol. The van der Waals surface area contributed by atoms with Gasteiger partial charge in [0.05, 0.1) is 12.7 Å². The lowest BCUT2D eigenvalue weighted by atomic mass is 10.0. The van der Waals surface area contributed by atoms with Crippen molar-refractivity contribution in [3.63, 3.8) is 0 Å². The summed E-state index contributed by atoms with van der Waals surface area (Å²) >= 11 is 0. The summed E-state index contributed by atoms with van der Waals surface area (Å²) < 4.78 is 64.9. The maximum atomic E-state index is 12.1. The second-order valence-electron chi connectivity index (χ2n) is 7.08. The van der Waals surface area contributed by atoms with E-state index in [2.05, 4.69) is 24.7 Å². The highest BCUT2D eigenvalue weighted by atomic mass is 32.2. The van der Waals surface area contributed by atoms with Crippen LogP contribution in [-0.2, 0) is 35.6 Å². The molecule has 3 N–H and O–H groups in total. The minimum absolute atomic E-state index is 0.256. The number of ether oxygens (including phenoxy) is 1. The van der Waals surface area contributed by atoms with E-state index in [-0.39, 0.29) is 6.42 Å². The van der Waals surface area contributed by atoms with E-state index in [0.29, 0.717) is 22.4 Å². The van der Waals surface area contributed by atoms with Crippen LogP contribution in [0.25, 0.3) is 22.2 Å². The molecule has 0 aliphatic rings. The third-order valence-electron chi connectivity index (χ3n) is 4.31. The molecule has 0 unspecified atom stereocenters. The predicted octanol–water partition coefficient (Wildman–Crippen LogP) is 1.89. The number of rotatable bonds is 7. The van der Waals surface area contributed by atoms with Crippen LogP contribution in [0, 0.1) is 0 Å². The molecule has 2 heterocycles. The summed E-state index contributed by atoms with van der Waals surface area (Å²) in [7, 11) is -3.42. The van der Waals surface area contributed by atoms with E-state index in [4.69, 9.17) is 0 Å². The van der Waals surface area contributed by atoms with Crippen LogP contribution in [0.3, 0.4) is 0 Å². The van der Waals surface area contributed by atoms with Gasteiger partial charge in [0.15, 0.2) is 0 Å². The number of H-pyrrole nitrogens is 1. The number of hydrogen-bond donors (Lipinski definition) is 3. The monoisotopic (exact) mass is 498 g/mol. The van der Waals surface area contributed by atoms with Gasteiger partial charge in [-0.2, -0.15) is 13.2 Å². The first-order valence-corrected chi connectivity index (χ1v) is 11.3. The van der Waals surface area contributed by atoms with Crippen molar-refractivity contribution in [3.05, 3.63) is 48.3 Å². The molecule has 1 aromatic carbocycles. The topological polar surface area (TPSA) is 147 Å². The molecule has 0 radical (unpaired) electrons. The van der Waals surface area contributed by atoms with E-state index in [1.54, 1.807) is 36.4 Å². The van der Waals surface area contributed by atoms with Crippen LogP contribution >= 0.6 is 0 Å². The lowest BCUT2D eigenvalue weighted by Gasteiger charge is -2.06. The van der Waals surface area contributed by atoms with Gasteiger partial charge in [0, 0.05) is 23.0 Å². The number of nitrogens with one attached hydrogen (secondary N) is 3. The number of pyridine rings is 1.